The molecule has 0 saturated heterocycles. The van der Waals surface area contributed by atoms with E-state index >= 15 is 0 Å². The lowest BCUT2D eigenvalue weighted by molar-refractivity contribution is -0.136. The highest BCUT2D eigenvalue weighted by Gasteiger charge is 2.27. The van der Waals surface area contributed by atoms with E-state index in [1.807, 2.05) is 27.7 Å². The molecule has 3 aromatic rings. The van der Waals surface area contributed by atoms with Crippen LogP contribution < -0.4 is 21.7 Å². The summed E-state index contributed by atoms with van der Waals surface area (Å²) in [7, 11) is 0. The Morgan fingerprint density at radius 1 is 0.864 bits per heavy atom. The third-order valence-electron chi connectivity index (χ3n) is 7.58. The normalized spacial score (nSPS) is 13.0. The van der Waals surface area contributed by atoms with Gasteiger partial charge in [0.1, 0.15) is 11.8 Å². The van der Waals surface area contributed by atoms with Gasteiger partial charge in [0.25, 0.3) is 5.91 Å². The van der Waals surface area contributed by atoms with Gasteiger partial charge in [0.05, 0.1) is 12.5 Å². The van der Waals surface area contributed by atoms with E-state index in [0.29, 0.717) is 29.7 Å². The molecule has 0 aromatic heterocycles. The van der Waals surface area contributed by atoms with E-state index in [-0.39, 0.29) is 42.0 Å². The van der Waals surface area contributed by atoms with Crippen LogP contribution in [0.4, 0.5) is 5.69 Å². The maximum atomic E-state index is 13.6. The van der Waals surface area contributed by atoms with E-state index in [0.717, 1.165) is 11.1 Å². The molecule has 10 nitrogen and oxygen atoms in total. The summed E-state index contributed by atoms with van der Waals surface area (Å²) in [4.78, 5) is 51.0. The number of carbonyl (C=O) groups excluding carboxylic acids is 3. The maximum absolute atomic E-state index is 13.6. The fourth-order valence-corrected chi connectivity index (χ4v) is 4.66. The number of aromatic hydroxyl groups is 1. The Kier molecular flexibility index (Phi) is 12.0. The molecule has 0 aliphatic heterocycles. The molecular weight excluding hydrogens is 560 g/mol. The van der Waals surface area contributed by atoms with Crippen molar-refractivity contribution in [3.63, 3.8) is 0 Å². The molecule has 3 atom stereocenters. The summed E-state index contributed by atoms with van der Waals surface area (Å²) in [5.74, 6) is -2.41. The minimum Gasteiger partial charge on any atom is -0.508 e. The number of benzene rings is 3. The predicted octanol–water partition coefficient (Wildman–Crippen LogP) is 3.99. The molecule has 3 rings (SSSR count). The Morgan fingerprint density at radius 2 is 1.52 bits per heavy atom. The van der Waals surface area contributed by atoms with Crippen LogP contribution in [-0.2, 0) is 33.8 Å². The fraction of sp³-hybridized carbons (Fsp3) is 0.353. The average Bonchev–Trinajstić information content (AvgIpc) is 2.99. The Bertz CT molecular complexity index is 1470. The molecule has 0 bridgehead atoms. The van der Waals surface area contributed by atoms with E-state index < -0.39 is 29.9 Å². The summed E-state index contributed by atoms with van der Waals surface area (Å²) < 4.78 is 0. The highest BCUT2D eigenvalue weighted by Crippen LogP contribution is 2.21. The number of aliphatic carboxylic acids is 1. The average molecular weight is 603 g/mol. The van der Waals surface area contributed by atoms with Gasteiger partial charge in [-0.3, -0.25) is 19.2 Å². The second-order valence-electron chi connectivity index (χ2n) is 11.4. The fourth-order valence-electron chi connectivity index (χ4n) is 4.66. The minimum absolute atomic E-state index is 0.0937. The smallest absolute Gasteiger partial charge is 0.307 e. The van der Waals surface area contributed by atoms with Crippen molar-refractivity contribution in [3.05, 3.63) is 94.5 Å². The molecule has 0 heterocycles. The summed E-state index contributed by atoms with van der Waals surface area (Å²) in [5, 5.41) is 27.4. The molecule has 0 spiro atoms. The van der Waals surface area contributed by atoms with Gasteiger partial charge in [0, 0.05) is 17.8 Å². The molecule has 3 aromatic carbocycles. The number of rotatable bonds is 14. The molecule has 10 heteroatoms. The van der Waals surface area contributed by atoms with Crippen molar-refractivity contribution < 1.29 is 29.4 Å². The molecular formula is C34H42N4O6. The number of carboxylic acids is 1. The van der Waals surface area contributed by atoms with Crippen molar-refractivity contribution >= 4 is 29.4 Å². The number of anilines is 1. The Balaban J connectivity index is 1.86. The second kappa shape index (κ2) is 15.7. The number of phenols is 1. The quantitative estimate of drug-likeness (QED) is 0.162. The number of carboxylic acid groups (broad SMARTS) is 1. The molecule has 0 aliphatic rings. The van der Waals surface area contributed by atoms with Crippen molar-refractivity contribution in [2.24, 2.45) is 17.6 Å². The van der Waals surface area contributed by atoms with Crippen LogP contribution in [0.1, 0.15) is 66.7 Å². The van der Waals surface area contributed by atoms with Crippen LogP contribution in [0.25, 0.3) is 0 Å². The number of hydrogen-bond donors (Lipinski definition) is 6. The Morgan fingerprint density at radius 3 is 2.14 bits per heavy atom. The minimum atomic E-state index is -0.970. The van der Waals surface area contributed by atoms with Gasteiger partial charge in [-0.05, 0) is 70.8 Å². The topological polar surface area (TPSA) is 171 Å². The van der Waals surface area contributed by atoms with Gasteiger partial charge >= 0.3 is 5.97 Å². The lowest BCUT2D eigenvalue weighted by Gasteiger charge is -2.24. The first-order chi connectivity index (χ1) is 20.9. The first-order valence-electron chi connectivity index (χ1n) is 14.7. The summed E-state index contributed by atoms with van der Waals surface area (Å²) in [6.07, 6.45) is 0.869. The molecule has 0 unspecified atom stereocenters. The summed E-state index contributed by atoms with van der Waals surface area (Å²) in [6.45, 7) is 7.58. The molecule has 0 saturated carbocycles. The van der Waals surface area contributed by atoms with Gasteiger partial charge in [0.15, 0.2) is 0 Å². The zero-order chi connectivity index (χ0) is 32.4. The van der Waals surface area contributed by atoms with E-state index in [4.69, 9.17) is 5.73 Å². The number of carbonyl (C=O) groups is 4. The SMILES string of the molecule is CC[C@@H](C)[C@H](NC(=O)c1cc(Cc2ccc(O)cc2)cc(NC(=O)[C@@H](N)C(C)C)c1)C(=O)NCc1ccccc1CC(=O)O. The highest BCUT2D eigenvalue weighted by atomic mass is 16.4. The van der Waals surface area contributed by atoms with Gasteiger partial charge < -0.3 is 31.9 Å². The molecule has 7 N–H and O–H groups in total. The standard InChI is InChI=1S/C34H42N4O6/c1-5-21(4)31(34(44)36-19-25-9-7-6-8-24(25)18-29(40)41)38-32(42)26-15-23(14-22-10-12-28(39)13-11-22)16-27(17-26)37-33(43)30(35)20(2)3/h6-13,15-17,20-21,30-31,39H,5,14,18-19,35H2,1-4H3,(H,36,44)(H,37,43)(H,38,42)(H,40,41)/t21-,30+,31+/m1/s1. The number of hydrogen-bond acceptors (Lipinski definition) is 6. The van der Waals surface area contributed by atoms with Crippen LogP contribution in [0.3, 0.4) is 0 Å². The highest BCUT2D eigenvalue weighted by molar-refractivity contribution is 6.00. The van der Waals surface area contributed by atoms with E-state index in [2.05, 4.69) is 16.0 Å². The summed E-state index contributed by atoms with van der Waals surface area (Å²) >= 11 is 0. The maximum Gasteiger partial charge on any atom is 0.307 e. The van der Waals surface area contributed by atoms with Crippen LogP contribution in [0.5, 0.6) is 5.75 Å². The van der Waals surface area contributed by atoms with E-state index in [9.17, 15) is 29.4 Å². The third kappa shape index (κ3) is 9.67. The van der Waals surface area contributed by atoms with E-state index in [1.165, 1.54) is 0 Å². The van der Waals surface area contributed by atoms with Gasteiger partial charge in [-0.1, -0.05) is 70.5 Å². The number of amides is 3. The van der Waals surface area contributed by atoms with Crippen molar-refractivity contribution in [2.75, 3.05) is 5.32 Å². The third-order valence-corrected chi connectivity index (χ3v) is 7.58. The zero-order valence-electron chi connectivity index (χ0n) is 25.6. The lowest BCUT2D eigenvalue weighted by Crippen LogP contribution is -2.50. The largest absolute Gasteiger partial charge is 0.508 e. The lowest BCUT2D eigenvalue weighted by atomic mass is 9.96. The van der Waals surface area contributed by atoms with Gasteiger partial charge in [-0.25, -0.2) is 0 Å². The first kappa shape index (κ1) is 33.8. The van der Waals surface area contributed by atoms with Crippen molar-refractivity contribution in [1.82, 2.24) is 10.6 Å². The van der Waals surface area contributed by atoms with Gasteiger partial charge in [-0.15, -0.1) is 0 Å². The number of nitrogens with one attached hydrogen (secondary N) is 3. The van der Waals surface area contributed by atoms with Crippen LogP contribution in [-0.4, -0.2) is 46.0 Å². The molecule has 0 fully saturated rings. The Labute approximate surface area is 258 Å². The second-order valence-corrected chi connectivity index (χ2v) is 11.4. The van der Waals surface area contributed by atoms with Crippen molar-refractivity contribution in [3.8, 4) is 5.75 Å². The zero-order valence-corrected chi connectivity index (χ0v) is 25.6. The first-order valence-corrected chi connectivity index (χ1v) is 14.7. The molecule has 0 aliphatic carbocycles. The van der Waals surface area contributed by atoms with E-state index in [1.54, 1.807) is 66.7 Å². The summed E-state index contributed by atoms with van der Waals surface area (Å²) in [5.41, 5.74) is 9.59. The van der Waals surface area contributed by atoms with Gasteiger partial charge in [-0.2, -0.15) is 0 Å². The van der Waals surface area contributed by atoms with Crippen LogP contribution in [0, 0.1) is 11.8 Å². The van der Waals surface area contributed by atoms with Crippen LogP contribution in [0.15, 0.2) is 66.7 Å². The number of phenolic OH excluding ortho intramolecular Hbond substituents is 1. The molecule has 44 heavy (non-hydrogen) atoms. The summed E-state index contributed by atoms with van der Waals surface area (Å²) in [6, 6.07) is 17.1. The van der Waals surface area contributed by atoms with Gasteiger partial charge in [0.2, 0.25) is 11.8 Å². The van der Waals surface area contributed by atoms with Crippen LogP contribution in [0.2, 0.25) is 0 Å². The molecule has 0 radical (unpaired) electrons. The van der Waals surface area contributed by atoms with Crippen LogP contribution >= 0.6 is 0 Å². The predicted molar refractivity (Wildman–Crippen MR) is 169 cm³/mol. The monoisotopic (exact) mass is 602 g/mol. The number of nitrogens with two attached hydrogens (primary N) is 1. The van der Waals surface area contributed by atoms with Crippen molar-refractivity contribution in [1.29, 1.82) is 0 Å². The Hall–Kier alpha value is -4.70. The van der Waals surface area contributed by atoms with Crippen molar-refractivity contribution in [2.45, 2.75) is 65.6 Å². The molecule has 234 valence electrons. The molecule has 3 amide bonds.